The topological polar surface area (TPSA) is 80.7 Å². The van der Waals surface area contributed by atoms with Gasteiger partial charge in [-0.2, -0.15) is 0 Å². The van der Waals surface area contributed by atoms with Gasteiger partial charge in [0, 0.05) is 29.3 Å². The average molecular weight is 324 g/mol. The molecule has 0 unspecified atom stereocenters. The monoisotopic (exact) mass is 324 g/mol. The third-order valence-corrected chi connectivity index (χ3v) is 3.57. The van der Waals surface area contributed by atoms with Crippen LogP contribution in [0, 0.1) is 0 Å². The number of carboxylic acids is 1. The van der Waals surface area contributed by atoms with Gasteiger partial charge in [0.1, 0.15) is 22.9 Å². The molecule has 0 aliphatic heterocycles. The van der Waals surface area contributed by atoms with E-state index in [-0.39, 0.29) is 11.4 Å². The predicted molar refractivity (Wildman–Crippen MR) is 91.5 cm³/mol. The molecule has 0 bridgehead atoms. The van der Waals surface area contributed by atoms with Gasteiger partial charge in [-0.25, -0.2) is 9.78 Å². The molecule has 0 amide bonds. The lowest BCUT2D eigenvalue weighted by atomic mass is 10.1. The van der Waals surface area contributed by atoms with Crippen LogP contribution in [-0.4, -0.2) is 30.3 Å². The van der Waals surface area contributed by atoms with Crippen LogP contribution in [0.5, 0.6) is 11.5 Å². The fourth-order valence-corrected chi connectivity index (χ4v) is 2.39. The number of para-hydroxylation sites is 1. The zero-order valence-electron chi connectivity index (χ0n) is 13.2. The molecule has 0 spiro atoms. The number of hydrogen-bond acceptors (Lipinski definition) is 5. The second-order valence-electron chi connectivity index (χ2n) is 5.11. The van der Waals surface area contributed by atoms with E-state index in [4.69, 9.17) is 9.47 Å². The molecule has 122 valence electrons. The number of aromatic nitrogens is 1. The summed E-state index contributed by atoms with van der Waals surface area (Å²) in [6, 6.07) is 14.2. The molecule has 3 rings (SSSR count). The highest BCUT2D eigenvalue weighted by Gasteiger charge is 2.14. The molecule has 2 aromatic carbocycles. The van der Waals surface area contributed by atoms with Crippen molar-refractivity contribution in [2.75, 3.05) is 19.5 Å². The van der Waals surface area contributed by atoms with Gasteiger partial charge < -0.3 is 19.9 Å². The highest BCUT2D eigenvalue weighted by atomic mass is 16.5. The summed E-state index contributed by atoms with van der Waals surface area (Å²) >= 11 is 0. The summed E-state index contributed by atoms with van der Waals surface area (Å²) in [4.78, 5) is 16.0. The molecule has 1 heterocycles. The van der Waals surface area contributed by atoms with Gasteiger partial charge in [-0.1, -0.05) is 18.2 Å². The summed E-state index contributed by atoms with van der Waals surface area (Å²) in [6.07, 6.45) is 0. The lowest BCUT2D eigenvalue weighted by molar-refractivity contribution is 0.0698. The van der Waals surface area contributed by atoms with Gasteiger partial charge in [0.15, 0.2) is 0 Å². The van der Waals surface area contributed by atoms with Crippen LogP contribution in [0.15, 0.2) is 48.5 Å². The molecular formula is C18H16N2O4. The Morgan fingerprint density at radius 1 is 1.04 bits per heavy atom. The number of benzene rings is 2. The lowest BCUT2D eigenvalue weighted by Gasteiger charge is -2.12. The van der Waals surface area contributed by atoms with Gasteiger partial charge in [-0.05, 0) is 12.1 Å². The summed E-state index contributed by atoms with van der Waals surface area (Å²) in [7, 11) is 3.10. The molecule has 0 atom stereocenters. The summed E-state index contributed by atoms with van der Waals surface area (Å²) < 4.78 is 10.5. The number of rotatable bonds is 5. The highest BCUT2D eigenvalue weighted by Crippen LogP contribution is 2.29. The second kappa shape index (κ2) is 6.45. The third kappa shape index (κ3) is 3.08. The molecule has 0 saturated heterocycles. The van der Waals surface area contributed by atoms with Crippen LogP contribution < -0.4 is 14.8 Å². The number of carbonyl (C=O) groups is 1. The first-order valence-corrected chi connectivity index (χ1v) is 7.24. The van der Waals surface area contributed by atoms with Crippen LogP contribution in [0.2, 0.25) is 0 Å². The predicted octanol–water partition coefficient (Wildman–Crippen LogP) is 3.69. The molecule has 6 nitrogen and oxygen atoms in total. The zero-order valence-corrected chi connectivity index (χ0v) is 13.2. The van der Waals surface area contributed by atoms with Crippen molar-refractivity contribution in [3.63, 3.8) is 0 Å². The van der Waals surface area contributed by atoms with Crippen molar-refractivity contribution in [1.29, 1.82) is 0 Å². The van der Waals surface area contributed by atoms with Crippen LogP contribution in [-0.2, 0) is 0 Å². The fourth-order valence-electron chi connectivity index (χ4n) is 2.39. The third-order valence-electron chi connectivity index (χ3n) is 3.57. The SMILES string of the molecule is COc1cc(Nc2nc3ccccc3cc2C(=O)O)cc(OC)c1. The molecule has 0 aliphatic carbocycles. The van der Waals surface area contributed by atoms with E-state index in [0.717, 1.165) is 5.39 Å². The molecule has 24 heavy (non-hydrogen) atoms. The normalized spacial score (nSPS) is 10.4. The maximum atomic E-state index is 11.6. The van der Waals surface area contributed by atoms with E-state index >= 15 is 0 Å². The van der Waals surface area contributed by atoms with Gasteiger partial charge in [-0.3, -0.25) is 0 Å². The van der Waals surface area contributed by atoms with Crippen molar-refractivity contribution in [3.8, 4) is 11.5 Å². The van der Waals surface area contributed by atoms with Crippen LogP contribution in [0.3, 0.4) is 0 Å². The zero-order chi connectivity index (χ0) is 17.1. The van der Waals surface area contributed by atoms with Crippen molar-refractivity contribution in [1.82, 2.24) is 4.98 Å². The summed E-state index contributed by atoms with van der Waals surface area (Å²) in [5.41, 5.74) is 1.42. The van der Waals surface area contributed by atoms with Crippen molar-refractivity contribution in [3.05, 3.63) is 54.1 Å². The number of nitrogens with zero attached hydrogens (tertiary/aromatic N) is 1. The van der Waals surface area contributed by atoms with E-state index in [0.29, 0.717) is 22.7 Å². The number of fused-ring (bicyclic) bond motifs is 1. The maximum absolute atomic E-state index is 11.6. The average Bonchev–Trinajstić information content (AvgIpc) is 2.60. The fraction of sp³-hybridized carbons (Fsp3) is 0.111. The Kier molecular flexibility index (Phi) is 4.20. The Balaban J connectivity index is 2.09. The van der Waals surface area contributed by atoms with Gasteiger partial charge in [0.2, 0.25) is 0 Å². The molecule has 0 aliphatic rings. The largest absolute Gasteiger partial charge is 0.497 e. The van der Waals surface area contributed by atoms with E-state index in [1.54, 1.807) is 38.5 Å². The number of pyridine rings is 1. The van der Waals surface area contributed by atoms with Gasteiger partial charge >= 0.3 is 5.97 Å². The molecule has 0 fully saturated rings. The minimum absolute atomic E-state index is 0.0930. The summed E-state index contributed by atoms with van der Waals surface area (Å²) in [5.74, 6) is 0.395. The van der Waals surface area contributed by atoms with Crippen LogP contribution in [0.25, 0.3) is 10.9 Å². The highest BCUT2D eigenvalue weighted by molar-refractivity contribution is 5.98. The van der Waals surface area contributed by atoms with E-state index in [9.17, 15) is 9.90 Å². The van der Waals surface area contributed by atoms with Crippen LogP contribution >= 0.6 is 0 Å². The Morgan fingerprint density at radius 3 is 2.33 bits per heavy atom. The van der Waals surface area contributed by atoms with Crippen molar-refractivity contribution >= 4 is 28.4 Å². The number of hydrogen-bond donors (Lipinski definition) is 2. The number of aromatic carboxylic acids is 1. The van der Waals surface area contributed by atoms with Gasteiger partial charge in [0.05, 0.1) is 19.7 Å². The smallest absolute Gasteiger partial charge is 0.339 e. The number of methoxy groups -OCH3 is 2. The molecule has 2 N–H and O–H groups in total. The summed E-state index contributed by atoms with van der Waals surface area (Å²) in [5, 5.41) is 13.3. The lowest BCUT2D eigenvalue weighted by Crippen LogP contribution is -2.05. The maximum Gasteiger partial charge on any atom is 0.339 e. The Labute approximate surface area is 138 Å². The Morgan fingerprint density at radius 2 is 1.71 bits per heavy atom. The van der Waals surface area contributed by atoms with E-state index < -0.39 is 5.97 Å². The minimum Gasteiger partial charge on any atom is -0.497 e. The number of anilines is 2. The number of ether oxygens (including phenoxy) is 2. The number of carboxylic acid groups (broad SMARTS) is 1. The molecule has 0 saturated carbocycles. The first kappa shape index (κ1) is 15.6. The molecule has 1 aromatic heterocycles. The first-order chi connectivity index (χ1) is 11.6. The van der Waals surface area contributed by atoms with Crippen LogP contribution in [0.1, 0.15) is 10.4 Å². The standard InChI is InChI=1S/C18H16N2O4/c1-23-13-8-12(9-14(10-13)24-2)19-17-15(18(21)22)7-11-5-3-4-6-16(11)20-17/h3-10H,1-2H3,(H,19,20)(H,21,22). The Hall–Kier alpha value is -3.28. The minimum atomic E-state index is -1.05. The van der Waals surface area contributed by atoms with E-state index in [2.05, 4.69) is 10.3 Å². The number of nitrogens with one attached hydrogen (secondary N) is 1. The van der Waals surface area contributed by atoms with E-state index in [1.165, 1.54) is 0 Å². The van der Waals surface area contributed by atoms with Gasteiger partial charge in [-0.15, -0.1) is 0 Å². The summed E-state index contributed by atoms with van der Waals surface area (Å²) in [6.45, 7) is 0. The van der Waals surface area contributed by atoms with E-state index in [1.807, 2.05) is 24.3 Å². The molecule has 0 radical (unpaired) electrons. The van der Waals surface area contributed by atoms with Gasteiger partial charge in [0.25, 0.3) is 0 Å². The van der Waals surface area contributed by atoms with Crippen molar-refractivity contribution < 1.29 is 19.4 Å². The quantitative estimate of drug-likeness (QED) is 0.745. The first-order valence-electron chi connectivity index (χ1n) is 7.24. The van der Waals surface area contributed by atoms with Crippen molar-refractivity contribution in [2.45, 2.75) is 0 Å². The van der Waals surface area contributed by atoms with Crippen LogP contribution in [0.4, 0.5) is 11.5 Å². The molecule has 3 aromatic rings. The Bertz CT molecular complexity index is 886. The molecular weight excluding hydrogens is 308 g/mol. The molecule has 6 heteroatoms. The second-order valence-corrected chi connectivity index (χ2v) is 5.11. The van der Waals surface area contributed by atoms with Crippen molar-refractivity contribution in [2.24, 2.45) is 0 Å².